The van der Waals surface area contributed by atoms with Crippen LogP contribution in [0, 0.1) is 0 Å². The van der Waals surface area contributed by atoms with E-state index in [1.54, 1.807) is 12.1 Å². The van der Waals surface area contributed by atoms with Crippen LogP contribution in [0.5, 0.6) is 0 Å². The number of benzene rings is 1. The number of hydrogen-bond donors (Lipinski definition) is 2. The lowest BCUT2D eigenvalue weighted by molar-refractivity contribution is 0.0945. The van der Waals surface area contributed by atoms with E-state index in [9.17, 15) is 4.79 Å². The van der Waals surface area contributed by atoms with Gasteiger partial charge in [-0.25, -0.2) is 0 Å². The molecule has 4 nitrogen and oxygen atoms in total. The molecule has 0 saturated carbocycles. The molecule has 1 aromatic carbocycles. The van der Waals surface area contributed by atoms with Crippen LogP contribution in [0.4, 0.5) is 5.69 Å². The Hall–Kier alpha value is -1.62. The monoisotopic (exact) mass is 279 g/mol. The Bertz CT molecular complexity index is 443. The molecule has 1 amide bonds. The first-order chi connectivity index (χ1) is 8.95. The number of thiocarbonyl (C=S) groups is 1. The molecule has 0 aliphatic heterocycles. The van der Waals surface area contributed by atoms with Crippen molar-refractivity contribution in [1.29, 1.82) is 0 Å². The number of amides is 1. The molecule has 0 heterocycles. The molecule has 0 radical (unpaired) electrons. The number of nitrogens with zero attached hydrogens (tertiary/aromatic N) is 1. The maximum atomic E-state index is 12.1. The predicted octanol–water partition coefficient (Wildman–Crippen LogP) is 1.94. The predicted molar refractivity (Wildman–Crippen MR) is 83.7 cm³/mol. The topological polar surface area (TPSA) is 58.4 Å². The Morgan fingerprint density at radius 1 is 1.37 bits per heavy atom. The van der Waals surface area contributed by atoms with Gasteiger partial charge in [0.25, 0.3) is 5.91 Å². The fourth-order valence-electron chi connectivity index (χ4n) is 1.73. The van der Waals surface area contributed by atoms with Crippen LogP contribution in [0.25, 0.3) is 0 Å². The summed E-state index contributed by atoms with van der Waals surface area (Å²) >= 11 is 4.96. The number of carbonyl (C=O) groups excluding carboxylic acids is 1. The van der Waals surface area contributed by atoms with Crippen LogP contribution in [0.3, 0.4) is 0 Å². The molecule has 0 saturated heterocycles. The van der Waals surface area contributed by atoms with Crippen molar-refractivity contribution < 1.29 is 4.79 Å². The molecule has 0 aromatic heterocycles. The third-order valence-corrected chi connectivity index (χ3v) is 3.16. The van der Waals surface area contributed by atoms with Crippen molar-refractivity contribution in [1.82, 2.24) is 5.32 Å². The maximum absolute atomic E-state index is 12.1. The second kappa shape index (κ2) is 7.09. The first kappa shape index (κ1) is 15.4. The number of hydrogen-bond acceptors (Lipinski definition) is 3. The zero-order chi connectivity index (χ0) is 14.4. The van der Waals surface area contributed by atoms with Crippen molar-refractivity contribution in [3.8, 4) is 0 Å². The molecular formula is C14H21N3OS. The van der Waals surface area contributed by atoms with Gasteiger partial charge in [0.1, 0.15) is 0 Å². The van der Waals surface area contributed by atoms with E-state index in [-0.39, 0.29) is 11.9 Å². The molecule has 0 fully saturated rings. The van der Waals surface area contributed by atoms with Gasteiger partial charge in [-0.05, 0) is 30.7 Å². The molecule has 1 aromatic rings. The molecule has 1 rings (SSSR count). The zero-order valence-electron chi connectivity index (χ0n) is 11.6. The maximum Gasteiger partial charge on any atom is 0.251 e. The van der Waals surface area contributed by atoms with Crippen molar-refractivity contribution in [2.45, 2.75) is 25.8 Å². The Kier molecular flexibility index (Phi) is 5.76. The lowest BCUT2D eigenvalue weighted by Crippen LogP contribution is -2.43. The number of carbonyl (C=O) groups is 1. The Morgan fingerprint density at radius 2 is 1.95 bits per heavy atom. The average molecular weight is 279 g/mol. The summed E-state index contributed by atoms with van der Waals surface area (Å²) in [5.74, 6) is -0.142. The number of rotatable bonds is 6. The fraction of sp³-hybridized carbons (Fsp3) is 0.429. The van der Waals surface area contributed by atoms with Crippen LogP contribution < -0.4 is 16.0 Å². The Balaban J connectivity index is 2.74. The van der Waals surface area contributed by atoms with Gasteiger partial charge in [-0.2, -0.15) is 0 Å². The highest BCUT2D eigenvalue weighted by molar-refractivity contribution is 7.80. The number of nitrogens with two attached hydrogens (primary N) is 1. The SMILES string of the molecule is CCCC(NC(=O)c1ccc(N(C)C)cc1)C(N)=S. The van der Waals surface area contributed by atoms with Crippen LogP contribution in [0.15, 0.2) is 24.3 Å². The molecule has 1 unspecified atom stereocenters. The van der Waals surface area contributed by atoms with E-state index in [1.165, 1.54) is 0 Å². The highest BCUT2D eigenvalue weighted by atomic mass is 32.1. The summed E-state index contributed by atoms with van der Waals surface area (Å²) in [6, 6.07) is 7.18. The standard InChI is InChI=1S/C14H21N3OS/c1-4-5-12(13(15)19)16-14(18)10-6-8-11(9-7-10)17(2)3/h6-9,12H,4-5H2,1-3H3,(H2,15,19)(H,16,18). The van der Waals surface area contributed by atoms with Crippen LogP contribution in [0.1, 0.15) is 30.1 Å². The van der Waals surface area contributed by atoms with Crippen molar-refractivity contribution in [2.75, 3.05) is 19.0 Å². The molecule has 0 aliphatic rings. The quantitative estimate of drug-likeness (QED) is 0.781. The van der Waals surface area contributed by atoms with Crippen molar-refractivity contribution >= 4 is 28.8 Å². The van der Waals surface area contributed by atoms with Crippen LogP contribution in [-0.2, 0) is 0 Å². The molecule has 3 N–H and O–H groups in total. The summed E-state index contributed by atoms with van der Waals surface area (Å²) in [5, 5.41) is 2.86. The summed E-state index contributed by atoms with van der Waals surface area (Å²) in [4.78, 5) is 14.4. The third-order valence-electron chi connectivity index (χ3n) is 2.87. The summed E-state index contributed by atoms with van der Waals surface area (Å²) in [6.07, 6.45) is 1.68. The van der Waals surface area contributed by atoms with Gasteiger partial charge in [0, 0.05) is 25.3 Å². The minimum absolute atomic E-state index is 0.142. The van der Waals surface area contributed by atoms with Gasteiger partial charge in [0.2, 0.25) is 0 Å². The summed E-state index contributed by atoms with van der Waals surface area (Å²) in [7, 11) is 3.92. The average Bonchev–Trinajstić information content (AvgIpc) is 2.38. The second-order valence-electron chi connectivity index (χ2n) is 4.66. The molecule has 5 heteroatoms. The molecule has 19 heavy (non-hydrogen) atoms. The zero-order valence-corrected chi connectivity index (χ0v) is 12.5. The van der Waals surface area contributed by atoms with Gasteiger partial charge in [-0.15, -0.1) is 0 Å². The normalized spacial score (nSPS) is 11.7. The van der Waals surface area contributed by atoms with Crippen molar-refractivity contribution in [2.24, 2.45) is 5.73 Å². The largest absolute Gasteiger partial charge is 0.392 e. The summed E-state index contributed by atoms with van der Waals surface area (Å²) in [6.45, 7) is 2.03. The highest BCUT2D eigenvalue weighted by Gasteiger charge is 2.15. The van der Waals surface area contributed by atoms with Crippen LogP contribution in [-0.4, -0.2) is 31.0 Å². The summed E-state index contributed by atoms with van der Waals surface area (Å²) < 4.78 is 0. The van der Waals surface area contributed by atoms with E-state index in [0.29, 0.717) is 10.6 Å². The first-order valence-corrected chi connectivity index (χ1v) is 6.74. The first-order valence-electron chi connectivity index (χ1n) is 6.33. The van der Waals surface area contributed by atoms with E-state index in [1.807, 2.05) is 38.1 Å². The van der Waals surface area contributed by atoms with Crippen LogP contribution in [0.2, 0.25) is 0 Å². The van der Waals surface area contributed by atoms with Crippen molar-refractivity contribution in [3.05, 3.63) is 29.8 Å². The van der Waals surface area contributed by atoms with E-state index in [2.05, 4.69) is 5.32 Å². The van der Waals surface area contributed by atoms with E-state index >= 15 is 0 Å². The molecule has 1 atom stereocenters. The van der Waals surface area contributed by atoms with Gasteiger partial charge < -0.3 is 16.0 Å². The van der Waals surface area contributed by atoms with Crippen molar-refractivity contribution in [3.63, 3.8) is 0 Å². The molecule has 0 spiro atoms. The van der Waals surface area contributed by atoms with Gasteiger partial charge in [0.05, 0.1) is 11.0 Å². The van der Waals surface area contributed by atoms with Gasteiger partial charge in [0.15, 0.2) is 0 Å². The third kappa shape index (κ3) is 4.52. The van der Waals surface area contributed by atoms with Crippen LogP contribution >= 0.6 is 12.2 Å². The van der Waals surface area contributed by atoms with Gasteiger partial charge >= 0.3 is 0 Å². The van der Waals surface area contributed by atoms with E-state index in [4.69, 9.17) is 18.0 Å². The van der Waals surface area contributed by atoms with E-state index < -0.39 is 0 Å². The van der Waals surface area contributed by atoms with E-state index in [0.717, 1.165) is 18.5 Å². The van der Waals surface area contributed by atoms with Gasteiger partial charge in [-0.3, -0.25) is 4.79 Å². The fourth-order valence-corrected chi connectivity index (χ4v) is 1.90. The minimum atomic E-state index is -0.235. The van der Waals surface area contributed by atoms with Gasteiger partial charge in [-0.1, -0.05) is 25.6 Å². The molecule has 0 bridgehead atoms. The smallest absolute Gasteiger partial charge is 0.251 e. The highest BCUT2D eigenvalue weighted by Crippen LogP contribution is 2.12. The Labute approximate surface area is 120 Å². The molecular weight excluding hydrogens is 258 g/mol. The molecule has 104 valence electrons. The molecule has 0 aliphatic carbocycles. The number of nitrogens with one attached hydrogen (secondary N) is 1. The number of anilines is 1. The second-order valence-corrected chi connectivity index (χ2v) is 5.13. The lowest BCUT2D eigenvalue weighted by Gasteiger charge is -2.17. The lowest BCUT2D eigenvalue weighted by atomic mass is 10.1. The summed E-state index contributed by atoms with van der Waals surface area (Å²) in [5.41, 5.74) is 7.29. The Morgan fingerprint density at radius 3 is 2.37 bits per heavy atom. The minimum Gasteiger partial charge on any atom is -0.392 e.